The van der Waals surface area contributed by atoms with E-state index < -0.39 is 11.7 Å². The molecule has 0 bridgehead atoms. The number of allylic oxidation sites excluding steroid dienone is 2. The predicted molar refractivity (Wildman–Crippen MR) is 146 cm³/mol. The number of rotatable bonds is 9. The monoisotopic (exact) mass is 517 g/mol. The van der Waals surface area contributed by atoms with Crippen molar-refractivity contribution in [3.63, 3.8) is 0 Å². The molecule has 0 radical (unpaired) electrons. The smallest absolute Gasteiger partial charge is 0.382 e. The fourth-order valence-corrected chi connectivity index (χ4v) is 4.17. The number of carbonyl (C=O) groups excluding carboxylic acids is 1. The summed E-state index contributed by atoms with van der Waals surface area (Å²) in [5, 5.41) is 14.6. The Morgan fingerprint density at radius 3 is 2.51 bits per heavy atom. The van der Waals surface area contributed by atoms with Crippen molar-refractivity contribution in [2.24, 2.45) is 0 Å². The number of aryl methyl sites for hydroxylation is 1. The minimum atomic E-state index is -4.60. The van der Waals surface area contributed by atoms with Crippen LogP contribution in [-0.2, 0) is 11.2 Å². The van der Waals surface area contributed by atoms with Gasteiger partial charge in [-0.15, -0.1) is 0 Å². The molecule has 2 heterocycles. The summed E-state index contributed by atoms with van der Waals surface area (Å²) in [6.07, 6.45) is 0.705. The van der Waals surface area contributed by atoms with Crippen LogP contribution in [0, 0.1) is 5.41 Å². The van der Waals surface area contributed by atoms with Gasteiger partial charge in [0.15, 0.2) is 0 Å². The van der Waals surface area contributed by atoms with E-state index in [0.29, 0.717) is 35.9 Å². The third-order valence-electron chi connectivity index (χ3n) is 6.26. The van der Waals surface area contributed by atoms with Crippen molar-refractivity contribution in [1.29, 1.82) is 5.41 Å². The van der Waals surface area contributed by atoms with Crippen LogP contribution in [0.4, 0.5) is 18.9 Å². The van der Waals surface area contributed by atoms with E-state index in [1.54, 1.807) is 25.1 Å². The molecule has 2 aromatic rings. The molecule has 1 saturated heterocycles. The van der Waals surface area contributed by atoms with E-state index >= 15 is 0 Å². The zero-order valence-electron chi connectivity index (χ0n) is 22.1. The predicted octanol–water partition coefficient (Wildman–Crippen LogP) is 5.99. The number of halogens is 3. The van der Waals surface area contributed by atoms with Crippen molar-refractivity contribution in [2.45, 2.75) is 58.7 Å². The van der Waals surface area contributed by atoms with E-state index in [1.807, 2.05) is 26.0 Å². The summed E-state index contributed by atoms with van der Waals surface area (Å²) in [6, 6.07) is 7.35. The van der Waals surface area contributed by atoms with Crippen LogP contribution in [0.15, 0.2) is 42.5 Å². The van der Waals surface area contributed by atoms with Crippen LogP contribution in [0.5, 0.6) is 0 Å². The van der Waals surface area contributed by atoms with Crippen molar-refractivity contribution in [3.05, 3.63) is 53.9 Å². The number of nitrogens with zero attached hydrogens (tertiary/aromatic N) is 2. The van der Waals surface area contributed by atoms with Gasteiger partial charge in [0, 0.05) is 41.0 Å². The molecule has 0 aliphatic carbocycles. The van der Waals surface area contributed by atoms with Crippen LogP contribution in [-0.4, -0.2) is 60.9 Å². The van der Waals surface area contributed by atoms with Gasteiger partial charge in [0.1, 0.15) is 0 Å². The van der Waals surface area contributed by atoms with E-state index in [4.69, 9.17) is 5.41 Å². The number of amides is 1. The van der Waals surface area contributed by atoms with Gasteiger partial charge in [0.05, 0.1) is 16.8 Å². The molecule has 0 saturated carbocycles. The number of pyridine rings is 1. The second-order valence-electron chi connectivity index (χ2n) is 8.81. The zero-order valence-corrected chi connectivity index (χ0v) is 22.1. The van der Waals surface area contributed by atoms with Crippen molar-refractivity contribution in [2.75, 3.05) is 32.0 Å². The number of piperidine rings is 1. The Hall–Kier alpha value is -3.20. The Labute approximate surface area is 217 Å². The van der Waals surface area contributed by atoms with E-state index in [0.717, 1.165) is 37.8 Å². The van der Waals surface area contributed by atoms with Crippen LogP contribution in [0.3, 0.4) is 0 Å². The number of alkyl halides is 3. The first-order chi connectivity index (χ1) is 17.6. The number of aromatic nitrogens is 1. The highest BCUT2D eigenvalue weighted by atomic mass is 19.4. The first-order valence-corrected chi connectivity index (χ1v) is 12.7. The van der Waals surface area contributed by atoms with E-state index in [9.17, 15) is 18.0 Å². The lowest BCUT2D eigenvalue weighted by Gasteiger charge is -2.30. The standard InChI is InChI=1S/C26H32F3N5O.C2H6/c1-4-18(16-30)25(35)31-12-6-7-20-15-22-21(24(33-20)17(2)26(27,28)29)8-5-9-23(22)32-19-10-13-34(3)14-11-19;1-2/h4-5,8-9,15-16,19,30,32H,2,6-7,10-14H2,1,3H3,(H,31,35);1-2H3/b18-4+,30-16?;. The minimum absolute atomic E-state index is 0.166. The van der Waals surface area contributed by atoms with Crippen LogP contribution in [0.2, 0.25) is 0 Å². The second-order valence-corrected chi connectivity index (χ2v) is 8.81. The lowest BCUT2D eigenvalue weighted by atomic mass is 9.99. The SMILES string of the molecule is C=C(c1nc(CCCNC(=O)/C(C=N)=C/C)cc2c(NC3CCN(C)CC3)cccc12)C(F)(F)F.CC. The average molecular weight is 518 g/mol. The van der Waals surface area contributed by atoms with Gasteiger partial charge in [-0.25, -0.2) is 0 Å². The third-order valence-corrected chi connectivity index (χ3v) is 6.26. The summed E-state index contributed by atoms with van der Waals surface area (Å²) in [6.45, 7) is 11.2. The number of fused-ring (bicyclic) bond motifs is 1. The van der Waals surface area contributed by atoms with Gasteiger partial charge in [-0.05, 0) is 64.9 Å². The molecule has 1 aromatic carbocycles. The van der Waals surface area contributed by atoms with Crippen LogP contribution >= 0.6 is 0 Å². The maximum atomic E-state index is 13.6. The molecular weight excluding hydrogens is 479 g/mol. The summed E-state index contributed by atoms with van der Waals surface area (Å²) in [5.74, 6) is -0.357. The molecule has 1 aromatic heterocycles. The number of hydrogen-bond acceptors (Lipinski definition) is 5. The quantitative estimate of drug-likeness (QED) is 0.217. The molecule has 6 nitrogen and oxygen atoms in total. The number of nitrogens with one attached hydrogen (secondary N) is 3. The zero-order chi connectivity index (χ0) is 27.6. The molecule has 9 heteroatoms. The van der Waals surface area contributed by atoms with Crippen molar-refractivity contribution in [1.82, 2.24) is 15.2 Å². The Kier molecular flexibility index (Phi) is 11.3. The molecule has 0 unspecified atom stereocenters. The van der Waals surface area contributed by atoms with Crippen molar-refractivity contribution in [3.8, 4) is 0 Å². The van der Waals surface area contributed by atoms with Gasteiger partial charge in [-0.2, -0.15) is 13.2 Å². The molecule has 0 atom stereocenters. The molecule has 3 rings (SSSR count). The number of benzene rings is 1. The minimum Gasteiger partial charge on any atom is -0.382 e. The highest BCUT2D eigenvalue weighted by Gasteiger charge is 2.35. The second kappa shape index (κ2) is 13.9. The first kappa shape index (κ1) is 30.0. The molecule has 1 fully saturated rings. The summed E-state index contributed by atoms with van der Waals surface area (Å²) in [5.41, 5.74) is 0.401. The van der Waals surface area contributed by atoms with Gasteiger partial charge in [-0.3, -0.25) is 9.78 Å². The Morgan fingerprint density at radius 2 is 1.92 bits per heavy atom. The van der Waals surface area contributed by atoms with E-state index in [1.165, 1.54) is 0 Å². The van der Waals surface area contributed by atoms with E-state index in [2.05, 4.69) is 34.1 Å². The van der Waals surface area contributed by atoms with Gasteiger partial charge < -0.3 is 20.9 Å². The summed E-state index contributed by atoms with van der Waals surface area (Å²) >= 11 is 0. The molecule has 1 aliphatic heterocycles. The number of hydrogen-bond donors (Lipinski definition) is 3. The number of anilines is 1. The normalized spacial score (nSPS) is 15.1. The molecule has 3 N–H and O–H groups in total. The summed E-state index contributed by atoms with van der Waals surface area (Å²) in [7, 11) is 2.08. The molecule has 37 heavy (non-hydrogen) atoms. The topological polar surface area (TPSA) is 81.1 Å². The average Bonchev–Trinajstić information content (AvgIpc) is 2.88. The van der Waals surface area contributed by atoms with Gasteiger partial charge in [-0.1, -0.05) is 38.6 Å². The molecule has 0 spiro atoms. The van der Waals surface area contributed by atoms with Gasteiger partial charge >= 0.3 is 6.18 Å². The van der Waals surface area contributed by atoms with E-state index in [-0.39, 0.29) is 23.2 Å². The largest absolute Gasteiger partial charge is 0.417 e. The highest BCUT2D eigenvalue weighted by molar-refractivity contribution is 6.11. The highest BCUT2D eigenvalue weighted by Crippen LogP contribution is 2.37. The lowest BCUT2D eigenvalue weighted by Crippen LogP contribution is -2.36. The molecular formula is C28H38F3N5O. The van der Waals surface area contributed by atoms with Gasteiger partial charge in [0.2, 0.25) is 0 Å². The van der Waals surface area contributed by atoms with Crippen molar-refractivity contribution < 1.29 is 18.0 Å². The Balaban J connectivity index is 0.00000235. The Bertz CT molecular complexity index is 1120. The molecule has 1 amide bonds. The lowest BCUT2D eigenvalue weighted by molar-refractivity contribution is -0.117. The summed E-state index contributed by atoms with van der Waals surface area (Å²) < 4.78 is 40.8. The van der Waals surface area contributed by atoms with Crippen LogP contribution < -0.4 is 10.6 Å². The van der Waals surface area contributed by atoms with Gasteiger partial charge in [0.25, 0.3) is 5.91 Å². The number of carbonyl (C=O) groups is 1. The number of likely N-dealkylation sites (tertiary alicyclic amines) is 1. The van der Waals surface area contributed by atoms with Crippen LogP contribution in [0.1, 0.15) is 51.4 Å². The Morgan fingerprint density at radius 1 is 1.24 bits per heavy atom. The fraction of sp³-hybridized carbons (Fsp3) is 0.464. The van der Waals surface area contributed by atoms with Crippen LogP contribution in [0.25, 0.3) is 16.3 Å². The fourth-order valence-electron chi connectivity index (χ4n) is 4.17. The first-order valence-electron chi connectivity index (χ1n) is 12.7. The van der Waals surface area contributed by atoms with Crippen molar-refractivity contribution >= 4 is 34.2 Å². The molecule has 1 aliphatic rings. The molecule has 202 valence electrons. The third kappa shape index (κ3) is 8.15. The maximum absolute atomic E-state index is 13.6. The maximum Gasteiger partial charge on any atom is 0.417 e. The summed E-state index contributed by atoms with van der Waals surface area (Å²) in [4.78, 5) is 18.6.